The summed E-state index contributed by atoms with van der Waals surface area (Å²) in [5, 5.41) is 91.6. The Morgan fingerprint density at radius 3 is 1.41 bits per heavy atom. The highest BCUT2D eigenvalue weighted by Gasteiger charge is 2.44. The number of phenolic OH excluding ortho intramolecular Hbond substituents is 1. The molecule has 0 aliphatic carbocycles. The molecule has 0 saturated carbocycles. The van der Waals surface area contributed by atoms with E-state index < -0.39 is 182 Å². The van der Waals surface area contributed by atoms with E-state index in [4.69, 9.17) is 17.2 Å². The Kier molecular flexibility index (Phi) is 34.3. The number of aliphatic imine (C=N–C) groups is 1. The molecule has 2 aliphatic rings. The van der Waals surface area contributed by atoms with Crippen molar-refractivity contribution in [1.82, 2.24) is 57.7 Å². The van der Waals surface area contributed by atoms with Gasteiger partial charge >= 0.3 is 11.9 Å². The number of phenols is 1. The Bertz CT molecular complexity index is 3060. The largest absolute Gasteiger partial charge is 0.508 e. The first-order chi connectivity index (χ1) is 46.2. The van der Waals surface area contributed by atoms with Crippen LogP contribution in [0.15, 0.2) is 59.6 Å². The molecule has 97 heavy (non-hydrogen) atoms. The Morgan fingerprint density at radius 2 is 0.918 bits per heavy atom. The van der Waals surface area contributed by atoms with Crippen LogP contribution in [0.5, 0.6) is 5.75 Å². The number of aliphatic hydroxyl groups excluding tert-OH is 4. The normalized spacial score (nSPS) is 17.3. The van der Waals surface area contributed by atoms with Gasteiger partial charge in [0.1, 0.15) is 78.3 Å². The first-order valence-corrected chi connectivity index (χ1v) is 33.8. The van der Waals surface area contributed by atoms with Crippen molar-refractivity contribution in [3.8, 4) is 5.75 Å². The fourth-order valence-corrected chi connectivity index (χ4v) is 11.3. The van der Waals surface area contributed by atoms with Crippen molar-refractivity contribution >= 4 is 106 Å². The van der Waals surface area contributed by atoms with Crippen LogP contribution in [0.3, 0.4) is 0 Å². The molecule has 22 N–H and O–H groups in total. The van der Waals surface area contributed by atoms with Crippen molar-refractivity contribution in [2.24, 2.45) is 22.2 Å². The average Bonchev–Trinajstić information content (AvgIpc) is 1.74. The van der Waals surface area contributed by atoms with Gasteiger partial charge in [0.2, 0.25) is 65.0 Å². The average molecular weight is 1400 g/mol. The van der Waals surface area contributed by atoms with Gasteiger partial charge in [-0.25, -0.2) is 4.79 Å². The van der Waals surface area contributed by atoms with Gasteiger partial charge in [-0.05, 0) is 98.6 Å². The number of carboxylic acids is 2. The summed E-state index contributed by atoms with van der Waals surface area (Å²) in [6.45, 7) is -4.11. The van der Waals surface area contributed by atoms with Crippen LogP contribution in [-0.2, 0) is 75.2 Å². The van der Waals surface area contributed by atoms with E-state index in [0.29, 0.717) is 16.9 Å². The molecule has 12 atom stereocenters. The van der Waals surface area contributed by atoms with Crippen molar-refractivity contribution in [3.63, 3.8) is 0 Å². The van der Waals surface area contributed by atoms with Crippen LogP contribution in [0.2, 0.25) is 0 Å². The third-order valence-corrected chi connectivity index (χ3v) is 16.9. The molecule has 0 radical (unpaired) electrons. The number of rotatable bonds is 41. The summed E-state index contributed by atoms with van der Waals surface area (Å²) in [5.74, 6) is -13.7. The standard InChI is InChI=1S/C60H89N15O20S2/c1-96-23-18-37(66-49(84)36(11-6-20-64-60(62)63)65-53(88)42(29-77)71-48(83)35(61)28-76)50(85)70-41(26-33-14-16-34(80)17-15-33)57(92)74-21-7-13-46(74)56(91)73-44(31-79)58(93)75-22-8-12-45(75)55(90)69-40(27-47(81)82)52(87)72-43(30-78)54(89)68-39(25-32-9-4-3-5-10-32)51(86)67-38(59(94)95)19-24-97-2/h3-5,9-10,14-17,35-46,76-80H,6-8,11-13,18-31,61H2,1-2H3,(H,65,88)(H,66,84)(H,67,86)(H,68,89)(H,69,90)(H,70,85)(H,71,83)(H,72,87)(H,73,91)(H,81,82)(H,94,95)(H4,62,63,64)/t35-,36-,37-,38-,39-,40-,41-,42-,43-,44-,45-,46-/m0/s1. The molecule has 2 aliphatic heterocycles. The van der Waals surface area contributed by atoms with E-state index >= 15 is 0 Å². The summed E-state index contributed by atoms with van der Waals surface area (Å²) in [6.07, 6.45) is 2.22. The number of nitrogens with two attached hydrogens (primary N) is 3. The van der Waals surface area contributed by atoms with Crippen molar-refractivity contribution in [1.29, 1.82) is 0 Å². The maximum atomic E-state index is 14.9. The lowest BCUT2D eigenvalue weighted by atomic mass is 10.0. The van der Waals surface area contributed by atoms with Crippen LogP contribution >= 0.6 is 23.5 Å². The number of aromatic hydroxyl groups is 1. The lowest BCUT2D eigenvalue weighted by Gasteiger charge is -2.32. The molecule has 2 saturated heterocycles. The molecule has 536 valence electrons. The summed E-state index contributed by atoms with van der Waals surface area (Å²) < 4.78 is 0. The Hall–Kier alpha value is -8.88. The molecule has 11 amide bonds. The highest BCUT2D eigenvalue weighted by molar-refractivity contribution is 7.98. The van der Waals surface area contributed by atoms with Crippen LogP contribution in [0.1, 0.15) is 68.9 Å². The quantitative estimate of drug-likeness (QED) is 0.0167. The lowest BCUT2D eigenvalue weighted by molar-refractivity contribution is -0.146. The number of likely N-dealkylation sites (tertiary alicyclic amines) is 2. The smallest absolute Gasteiger partial charge is 0.326 e. The second kappa shape index (κ2) is 41.3. The number of amides is 11. The number of carbonyl (C=O) groups excluding carboxylic acids is 11. The number of hydrogen-bond acceptors (Lipinski definition) is 22. The number of carboxylic acid groups (broad SMARTS) is 2. The van der Waals surface area contributed by atoms with E-state index in [-0.39, 0.29) is 101 Å². The number of hydrogen-bond donors (Lipinski definition) is 19. The SMILES string of the molecule is CSCC[C@H](NC(=O)[C@H](Cc1ccccc1)NC(=O)[C@H](CO)NC(=O)[C@H](CC(=O)O)NC(=O)[C@@H]1CCCN1C(=O)[C@H](CO)NC(=O)[C@@H]1CCCN1C(=O)[C@H](Cc1ccc(O)cc1)NC(=O)[C@H](CCSC)NC(=O)[C@H](CCCN=C(N)N)NC(=O)[C@H](CO)NC(=O)[C@@H](N)CO)C(=O)O. The Labute approximate surface area is 566 Å². The van der Waals surface area contributed by atoms with Crippen molar-refractivity contribution in [2.75, 3.05) is 70.1 Å². The topological polar surface area (TPSA) is 569 Å². The molecule has 0 unspecified atom stereocenters. The van der Waals surface area contributed by atoms with Gasteiger partial charge < -0.3 is 111 Å². The molecular formula is C60H89N15O20S2. The molecular weight excluding hydrogens is 1310 g/mol. The number of guanidine groups is 1. The lowest BCUT2D eigenvalue weighted by Crippen LogP contribution is -2.61. The Balaban J connectivity index is 1.52. The van der Waals surface area contributed by atoms with E-state index in [1.165, 1.54) is 47.8 Å². The first-order valence-electron chi connectivity index (χ1n) is 31.0. The van der Waals surface area contributed by atoms with E-state index in [1.54, 1.807) is 42.8 Å². The van der Waals surface area contributed by atoms with Gasteiger partial charge in [0, 0.05) is 32.5 Å². The molecule has 0 bridgehead atoms. The molecule has 2 aromatic carbocycles. The van der Waals surface area contributed by atoms with Crippen LogP contribution in [0.25, 0.3) is 0 Å². The minimum atomic E-state index is -1.96. The molecule has 2 fully saturated rings. The fourth-order valence-electron chi connectivity index (χ4n) is 10.4. The van der Waals surface area contributed by atoms with Crippen molar-refractivity contribution in [3.05, 3.63) is 65.7 Å². The molecule has 37 heteroatoms. The van der Waals surface area contributed by atoms with E-state index in [1.807, 2.05) is 0 Å². The summed E-state index contributed by atoms with van der Waals surface area (Å²) >= 11 is 2.63. The first kappa shape index (κ1) is 80.6. The molecule has 0 spiro atoms. The summed E-state index contributed by atoms with van der Waals surface area (Å²) in [6, 6.07) is -4.72. The summed E-state index contributed by atoms with van der Waals surface area (Å²) in [7, 11) is 0. The second-order valence-electron chi connectivity index (χ2n) is 22.8. The zero-order valence-corrected chi connectivity index (χ0v) is 55.2. The zero-order chi connectivity index (χ0) is 71.9. The molecule has 2 heterocycles. The van der Waals surface area contributed by atoms with Crippen molar-refractivity contribution in [2.45, 2.75) is 143 Å². The van der Waals surface area contributed by atoms with E-state index in [2.05, 4.69) is 52.8 Å². The minimum absolute atomic E-state index is 0.0113. The number of thioether (sulfide) groups is 2. The minimum Gasteiger partial charge on any atom is -0.508 e. The third-order valence-electron chi connectivity index (χ3n) is 15.6. The van der Waals surface area contributed by atoms with E-state index in [9.17, 15) is 98.1 Å². The van der Waals surface area contributed by atoms with Crippen LogP contribution in [-0.4, -0.2) is 271 Å². The second-order valence-corrected chi connectivity index (χ2v) is 24.7. The van der Waals surface area contributed by atoms with Gasteiger partial charge in [-0.3, -0.25) is 62.5 Å². The predicted octanol–water partition coefficient (Wildman–Crippen LogP) is -7.06. The van der Waals surface area contributed by atoms with Crippen LogP contribution in [0.4, 0.5) is 0 Å². The molecule has 4 rings (SSSR count). The molecule has 0 aromatic heterocycles. The number of benzene rings is 2. The number of aliphatic carboxylic acids is 2. The van der Waals surface area contributed by atoms with Gasteiger partial charge in [-0.2, -0.15) is 23.5 Å². The van der Waals surface area contributed by atoms with Gasteiger partial charge in [0.15, 0.2) is 5.96 Å². The highest BCUT2D eigenvalue weighted by atomic mass is 32.2. The van der Waals surface area contributed by atoms with Crippen LogP contribution < -0.4 is 65.1 Å². The number of aliphatic hydroxyl groups is 4. The highest BCUT2D eigenvalue weighted by Crippen LogP contribution is 2.23. The maximum absolute atomic E-state index is 14.9. The Morgan fingerprint density at radius 1 is 0.505 bits per heavy atom. The van der Waals surface area contributed by atoms with Gasteiger partial charge in [-0.1, -0.05) is 42.5 Å². The summed E-state index contributed by atoms with van der Waals surface area (Å²) in [4.78, 5) is 183. The van der Waals surface area contributed by atoms with E-state index in [0.717, 1.165) is 9.80 Å². The van der Waals surface area contributed by atoms with Crippen molar-refractivity contribution < 1.29 is 98.1 Å². The third kappa shape index (κ3) is 25.9. The van der Waals surface area contributed by atoms with Gasteiger partial charge in [-0.15, -0.1) is 0 Å². The molecule has 35 nitrogen and oxygen atoms in total. The summed E-state index contributed by atoms with van der Waals surface area (Å²) in [5.41, 5.74) is 17.4. The van der Waals surface area contributed by atoms with Crippen LogP contribution in [0, 0.1) is 0 Å². The monoisotopic (exact) mass is 1400 g/mol. The fraction of sp³-hybridized carbons (Fsp3) is 0.567. The van der Waals surface area contributed by atoms with Gasteiger partial charge in [0.05, 0.1) is 32.8 Å². The van der Waals surface area contributed by atoms with Gasteiger partial charge in [0.25, 0.3) is 0 Å². The number of carbonyl (C=O) groups is 13. The maximum Gasteiger partial charge on any atom is 0.326 e. The molecule has 2 aromatic rings. The number of nitrogens with zero attached hydrogens (tertiary/aromatic N) is 3. The zero-order valence-electron chi connectivity index (χ0n) is 53.6. The predicted molar refractivity (Wildman–Crippen MR) is 351 cm³/mol. The number of nitrogens with one attached hydrogen (secondary N) is 9.